The fourth-order valence-corrected chi connectivity index (χ4v) is 0.869. The van der Waals surface area contributed by atoms with Gasteiger partial charge in [-0.15, -0.1) is 0 Å². The molecule has 0 aromatic heterocycles. The van der Waals surface area contributed by atoms with E-state index >= 15 is 0 Å². The number of hydrogen-bond acceptors (Lipinski definition) is 4. The highest BCUT2D eigenvalue weighted by molar-refractivity contribution is 7.79. The van der Waals surface area contributed by atoms with Crippen LogP contribution in [0.15, 0.2) is 24.3 Å². The van der Waals surface area contributed by atoms with Gasteiger partial charge in [-0.25, -0.2) is 0 Å². The number of nitriles is 1. The van der Waals surface area contributed by atoms with Crippen LogP contribution in [0.1, 0.15) is 38.8 Å². The monoisotopic (exact) mass is 255 g/mol. The number of hydrazine groups is 1. The molecule has 0 heterocycles. The molecule has 0 atom stereocenters. The summed E-state index contributed by atoms with van der Waals surface area (Å²) in [4.78, 5) is 0. The molecular formula is C13H25N3S. The lowest BCUT2D eigenvalue weighted by Gasteiger charge is -1.98. The van der Waals surface area contributed by atoms with Gasteiger partial charge in [-0.05, 0) is 24.0 Å². The quantitative estimate of drug-likeness (QED) is 0.432. The second-order valence-corrected chi connectivity index (χ2v) is 2.19. The zero-order chi connectivity index (χ0) is 14.1. The first-order chi connectivity index (χ1) is 8.36. The third-order valence-electron chi connectivity index (χ3n) is 1.36. The van der Waals surface area contributed by atoms with Crippen molar-refractivity contribution in [2.75, 3.05) is 6.26 Å². The molecular weight excluding hydrogens is 230 g/mol. The second-order valence-electron chi connectivity index (χ2n) is 2.19. The first-order valence-corrected chi connectivity index (χ1v) is 6.63. The normalized spacial score (nSPS) is 6.94. The van der Waals surface area contributed by atoms with Crippen molar-refractivity contribution in [1.29, 1.82) is 5.26 Å². The molecule has 3 N–H and O–H groups in total. The van der Waals surface area contributed by atoms with Crippen molar-refractivity contribution in [2.24, 2.45) is 5.84 Å². The minimum Gasteiger partial charge on any atom is -0.271 e. The zero-order valence-corrected chi connectivity index (χ0v) is 12.4. The molecule has 0 aliphatic carbocycles. The van der Waals surface area contributed by atoms with Gasteiger partial charge in [0.2, 0.25) is 0 Å². The maximum Gasteiger partial charge on any atom is 0.0991 e. The molecule has 3 nitrogen and oxygen atoms in total. The largest absolute Gasteiger partial charge is 0.271 e. The van der Waals surface area contributed by atoms with Crippen LogP contribution >= 0.6 is 12.6 Å². The van der Waals surface area contributed by atoms with Crippen LogP contribution in [0.25, 0.3) is 0 Å². The van der Waals surface area contributed by atoms with Gasteiger partial charge in [0, 0.05) is 6.54 Å². The van der Waals surface area contributed by atoms with Crippen LogP contribution < -0.4 is 11.3 Å². The fourth-order valence-electron chi connectivity index (χ4n) is 0.869. The summed E-state index contributed by atoms with van der Waals surface area (Å²) in [6, 6.07) is 9.38. The molecule has 0 fully saturated rings. The average Bonchev–Trinajstić information content (AvgIpc) is 2.46. The maximum absolute atomic E-state index is 8.53. The molecule has 17 heavy (non-hydrogen) atoms. The van der Waals surface area contributed by atoms with Crippen LogP contribution in [0.3, 0.4) is 0 Å². The SMILES string of the molecule is CC.CC.CS.N#Cc1cccc(CNN)c1. The lowest BCUT2D eigenvalue weighted by molar-refractivity contribution is 0.741. The van der Waals surface area contributed by atoms with Crippen LogP contribution in [0, 0.1) is 11.3 Å². The van der Waals surface area contributed by atoms with Crippen LogP contribution in [0.5, 0.6) is 0 Å². The van der Waals surface area contributed by atoms with Crippen LogP contribution in [-0.2, 0) is 6.54 Å². The van der Waals surface area contributed by atoms with Gasteiger partial charge in [-0.1, -0.05) is 39.8 Å². The summed E-state index contributed by atoms with van der Waals surface area (Å²) in [5.74, 6) is 5.12. The van der Waals surface area contributed by atoms with Crippen molar-refractivity contribution in [2.45, 2.75) is 34.2 Å². The molecule has 0 unspecified atom stereocenters. The number of nitrogens with two attached hydrogens (primary N) is 1. The highest BCUT2D eigenvalue weighted by Gasteiger charge is 1.91. The Labute approximate surface area is 111 Å². The molecule has 0 amide bonds. The summed E-state index contributed by atoms with van der Waals surface area (Å²) in [7, 11) is 0. The predicted octanol–water partition coefficient (Wildman–Crippen LogP) is 3.12. The standard InChI is InChI=1S/C8H9N3.2C2H6.CH4S/c9-5-7-2-1-3-8(4-7)6-11-10;3*1-2/h1-4,11H,6,10H2;2*1-2H3;2H,1H3. The second kappa shape index (κ2) is 20.4. The molecule has 1 aromatic carbocycles. The average molecular weight is 255 g/mol. The summed E-state index contributed by atoms with van der Waals surface area (Å²) in [6.45, 7) is 8.59. The van der Waals surface area contributed by atoms with Crippen LogP contribution in [-0.4, -0.2) is 6.26 Å². The number of nitrogens with zero attached hydrogens (tertiary/aromatic N) is 1. The summed E-state index contributed by atoms with van der Waals surface area (Å²) in [5, 5.41) is 8.53. The number of thiol groups is 1. The Morgan fingerprint density at radius 3 is 2.18 bits per heavy atom. The summed E-state index contributed by atoms with van der Waals surface area (Å²) in [6.07, 6.45) is 1.69. The highest BCUT2D eigenvalue weighted by Crippen LogP contribution is 2.02. The number of hydrogen-bond donors (Lipinski definition) is 3. The smallest absolute Gasteiger partial charge is 0.0991 e. The van der Waals surface area contributed by atoms with E-state index in [0.717, 1.165) is 5.56 Å². The molecule has 0 bridgehead atoms. The first-order valence-electron chi connectivity index (χ1n) is 5.74. The van der Waals surface area contributed by atoms with Crippen molar-refractivity contribution in [3.05, 3.63) is 35.4 Å². The molecule has 0 saturated carbocycles. The van der Waals surface area contributed by atoms with Gasteiger partial charge >= 0.3 is 0 Å². The molecule has 0 spiro atoms. The van der Waals surface area contributed by atoms with Crippen molar-refractivity contribution < 1.29 is 0 Å². The van der Waals surface area contributed by atoms with E-state index in [1.54, 1.807) is 18.4 Å². The lowest BCUT2D eigenvalue weighted by atomic mass is 10.1. The Kier molecular flexibility index (Phi) is 25.5. The third-order valence-corrected chi connectivity index (χ3v) is 1.36. The number of benzene rings is 1. The van der Waals surface area contributed by atoms with Gasteiger partial charge in [0.25, 0.3) is 0 Å². The maximum atomic E-state index is 8.53. The molecule has 1 rings (SSSR count). The Bertz CT molecular complexity index is 282. The van der Waals surface area contributed by atoms with Gasteiger partial charge in [-0.3, -0.25) is 11.3 Å². The minimum absolute atomic E-state index is 0.593. The van der Waals surface area contributed by atoms with Crippen molar-refractivity contribution in [1.82, 2.24) is 5.43 Å². The van der Waals surface area contributed by atoms with Gasteiger partial charge in [0.1, 0.15) is 0 Å². The Balaban J connectivity index is -0.000000285. The van der Waals surface area contributed by atoms with E-state index in [2.05, 4.69) is 24.1 Å². The number of rotatable bonds is 2. The van der Waals surface area contributed by atoms with Crippen molar-refractivity contribution in [3.63, 3.8) is 0 Å². The molecule has 0 saturated heterocycles. The molecule has 0 aliphatic rings. The highest BCUT2D eigenvalue weighted by atomic mass is 32.1. The lowest BCUT2D eigenvalue weighted by Crippen LogP contribution is -2.20. The van der Waals surface area contributed by atoms with E-state index in [1.807, 2.05) is 39.8 Å². The van der Waals surface area contributed by atoms with E-state index in [9.17, 15) is 0 Å². The Hall–Kier alpha value is -1.02. The summed E-state index contributed by atoms with van der Waals surface area (Å²) < 4.78 is 0. The van der Waals surface area contributed by atoms with E-state index < -0.39 is 0 Å². The Morgan fingerprint density at radius 2 is 1.76 bits per heavy atom. The van der Waals surface area contributed by atoms with Gasteiger partial charge in [0.05, 0.1) is 11.6 Å². The molecule has 0 aliphatic heterocycles. The first kappa shape index (κ1) is 21.3. The minimum atomic E-state index is 0.593. The topological polar surface area (TPSA) is 61.8 Å². The van der Waals surface area contributed by atoms with E-state index in [-0.39, 0.29) is 0 Å². The predicted molar refractivity (Wildman–Crippen MR) is 79.8 cm³/mol. The summed E-state index contributed by atoms with van der Waals surface area (Å²) >= 11 is 3.53. The molecule has 4 heteroatoms. The van der Waals surface area contributed by atoms with Gasteiger partial charge in [-0.2, -0.15) is 17.9 Å². The van der Waals surface area contributed by atoms with Crippen LogP contribution in [0.2, 0.25) is 0 Å². The third kappa shape index (κ3) is 12.9. The summed E-state index contributed by atoms with van der Waals surface area (Å²) in [5.41, 5.74) is 4.21. The zero-order valence-electron chi connectivity index (χ0n) is 11.5. The van der Waals surface area contributed by atoms with Crippen molar-refractivity contribution >= 4 is 12.6 Å². The number of nitrogens with one attached hydrogen (secondary N) is 1. The van der Waals surface area contributed by atoms with E-state index in [0.29, 0.717) is 12.1 Å². The van der Waals surface area contributed by atoms with Gasteiger partial charge < -0.3 is 0 Å². The fraction of sp³-hybridized carbons (Fsp3) is 0.462. The molecule has 0 radical (unpaired) electrons. The van der Waals surface area contributed by atoms with E-state index in [1.165, 1.54) is 0 Å². The van der Waals surface area contributed by atoms with E-state index in [4.69, 9.17) is 11.1 Å². The van der Waals surface area contributed by atoms with Crippen molar-refractivity contribution in [3.8, 4) is 6.07 Å². The molecule has 98 valence electrons. The Morgan fingerprint density at radius 1 is 1.24 bits per heavy atom. The van der Waals surface area contributed by atoms with Gasteiger partial charge in [0.15, 0.2) is 0 Å². The molecule has 1 aromatic rings. The van der Waals surface area contributed by atoms with Crippen LogP contribution in [0.4, 0.5) is 0 Å².